The van der Waals surface area contributed by atoms with E-state index in [2.05, 4.69) is 20.6 Å². The van der Waals surface area contributed by atoms with Gasteiger partial charge in [0.25, 0.3) is 5.91 Å². The second kappa shape index (κ2) is 10.7. The van der Waals surface area contributed by atoms with Crippen molar-refractivity contribution in [3.63, 3.8) is 0 Å². The number of hydrogen-bond acceptors (Lipinski definition) is 7. The van der Waals surface area contributed by atoms with E-state index in [-0.39, 0.29) is 6.10 Å². The van der Waals surface area contributed by atoms with Gasteiger partial charge in [-0.2, -0.15) is 13.2 Å². The van der Waals surface area contributed by atoms with Gasteiger partial charge in [-0.05, 0) is 43.7 Å². The van der Waals surface area contributed by atoms with E-state index in [0.29, 0.717) is 36.6 Å². The van der Waals surface area contributed by atoms with Crippen LogP contribution in [0.5, 0.6) is 5.75 Å². The van der Waals surface area contributed by atoms with E-state index in [4.69, 9.17) is 9.47 Å². The zero-order valence-electron chi connectivity index (χ0n) is 19.2. The standard InChI is InChI=1S/C24H25F3N4O3S/c1-14-10-30-23(35-14)18-7-17(8-19(9-18)34-13-20-12-28-5-6-33-20)22(32)31-15(2)16-3-4-21(29-11-16)24(25,26)27/h3-4,7-11,15,20,28H,5-6,12-13H2,1-2H3,(H,31,32)/t15?,20-/m1/s1. The van der Waals surface area contributed by atoms with Crippen LogP contribution in [-0.4, -0.2) is 48.3 Å². The average Bonchev–Trinajstić information content (AvgIpc) is 3.29. The number of benzene rings is 1. The highest BCUT2D eigenvalue weighted by Gasteiger charge is 2.32. The van der Waals surface area contributed by atoms with Crippen molar-refractivity contribution in [2.24, 2.45) is 0 Å². The Balaban J connectivity index is 1.52. The van der Waals surface area contributed by atoms with Crippen LogP contribution in [0, 0.1) is 6.92 Å². The number of rotatable bonds is 7. The minimum Gasteiger partial charge on any atom is -0.491 e. The molecule has 35 heavy (non-hydrogen) atoms. The first kappa shape index (κ1) is 25.1. The molecule has 2 atom stereocenters. The van der Waals surface area contributed by atoms with Crippen molar-refractivity contribution in [2.75, 3.05) is 26.3 Å². The third-order valence-electron chi connectivity index (χ3n) is 5.40. The molecule has 1 fully saturated rings. The number of thiazole rings is 1. The van der Waals surface area contributed by atoms with Gasteiger partial charge in [-0.3, -0.25) is 9.78 Å². The van der Waals surface area contributed by atoms with Gasteiger partial charge in [-0.15, -0.1) is 11.3 Å². The lowest BCUT2D eigenvalue weighted by Crippen LogP contribution is -2.41. The van der Waals surface area contributed by atoms with E-state index in [1.807, 2.05) is 13.0 Å². The molecule has 1 aromatic carbocycles. The van der Waals surface area contributed by atoms with Gasteiger partial charge < -0.3 is 20.1 Å². The summed E-state index contributed by atoms with van der Waals surface area (Å²) in [6, 6.07) is 6.83. The van der Waals surface area contributed by atoms with Crippen molar-refractivity contribution in [2.45, 2.75) is 32.2 Å². The number of carbonyl (C=O) groups is 1. The normalized spacial score (nSPS) is 17.1. The van der Waals surface area contributed by atoms with Crippen molar-refractivity contribution in [1.82, 2.24) is 20.6 Å². The van der Waals surface area contributed by atoms with Crippen LogP contribution in [0.25, 0.3) is 10.6 Å². The number of aryl methyl sites for hydroxylation is 1. The average molecular weight is 507 g/mol. The molecule has 7 nitrogen and oxygen atoms in total. The third-order valence-corrected chi connectivity index (χ3v) is 6.36. The predicted octanol–water partition coefficient (Wildman–Crippen LogP) is 4.39. The Hall–Kier alpha value is -3.02. The molecule has 1 unspecified atom stereocenters. The number of alkyl halides is 3. The van der Waals surface area contributed by atoms with Crippen molar-refractivity contribution >= 4 is 17.2 Å². The first-order valence-corrected chi connectivity index (χ1v) is 11.9. The van der Waals surface area contributed by atoms with Gasteiger partial charge in [-0.1, -0.05) is 6.07 Å². The largest absolute Gasteiger partial charge is 0.491 e. The Labute approximate surface area is 204 Å². The Morgan fingerprint density at radius 2 is 2.11 bits per heavy atom. The van der Waals surface area contributed by atoms with Crippen LogP contribution in [0.4, 0.5) is 13.2 Å². The fraction of sp³-hybridized carbons (Fsp3) is 0.375. The number of pyridine rings is 1. The zero-order chi connectivity index (χ0) is 25.0. The highest BCUT2D eigenvalue weighted by atomic mass is 32.1. The second-order valence-electron chi connectivity index (χ2n) is 8.20. The van der Waals surface area contributed by atoms with E-state index in [1.165, 1.54) is 17.4 Å². The van der Waals surface area contributed by atoms with E-state index >= 15 is 0 Å². The minimum absolute atomic E-state index is 0.0982. The number of carbonyl (C=O) groups excluding carboxylic acids is 1. The summed E-state index contributed by atoms with van der Waals surface area (Å²) in [6.07, 6.45) is -1.74. The van der Waals surface area contributed by atoms with E-state index in [0.717, 1.165) is 34.3 Å². The maximum absolute atomic E-state index is 13.1. The maximum atomic E-state index is 13.1. The number of ether oxygens (including phenoxy) is 2. The van der Waals surface area contributed by atoms with Gasteiger partial charge in [0.15, 0.2) is 0 Å². The molecule has 1 aliphatic heterocycles. The molecular weight excluding hydrogens is 481 g/mol. The minimum atomic E-state index is -4.52. The number of nitrogens with zero attached hydrogens (tertiary/aromatic N) is 2. The summed E-state index contributed by atoms with van der Waals surface area (Å²) >= 11 is 1.50. The number of nitrogens with one attached hydrogen (secondary N) is 2. The SMILES string of the molecule is Cc1cnc(-c2cc(OC[C@H]3CNCCO3)cc(C(=O)NC(C)c3ccc(C(F)(F)F)nc3)c2)s1. The molecule has 11 heteroatoms. The van der Waals surface area contributed by atoms with Crippen molar-refractivity contribution in [1.29, 1.82) is 0 Å². The Bertz CT molecular complexity index is 1160. The van der Waals surface area contributed by atoms with Crippen LogP contribution in [0.15, 0.2) is 42.7 Å². The topological polar surface area (TPSA) is 85.4 Å². The number of aromatic nitrogens is 2. The molecule has 1 aliphatic rings. The molecule has 3 heterocycles. The lowest BCUT2D eigenvalue weighted by atomic mass is 10.1. The molecule has 0 bridgehead atoms. The molecule has 4 rings (SSSR count). The van der Waals surface area contributed by atoms with Crippen LogP contribution in [-0.2, 0) is 10.9 Å². The highest BCUT2D eigenvalue weighted by molar-refractivity contribution is 7.14. The summed E-state index contributed by atoms with van der Waals surface area (Å²) in [5.74, 6) is 0.103. The van der Waals surface area contributed by atoms with E-state index in [1.54, 1.807) is 25.3 Å². The molecule has 2 aromatic heterocycles. The number of morpholine rings is 1. The Morgan fingerprint density at radius 1 is 1.29 bits per heavy atom. The molecule has 0 radical (unpaired) electrons. The summed E-state index contributed by atoms with van der Waals surface area (Å²) < 4.78 is 50.0. The van der Waals surface area contributed by atoms with Crippen LogP contribution >= 0.6 is 11.3 Å². The summed E-state index contributed by atoms with van der Waals surface area (Å²) in [4.78, 5) is 22.0. The number of amides is 1. The number of halogens is 3. The van der Waals surface area contributed by atoms with Crippen LogP contribution in [0.2, 0.25) is 0 Å². The van der Waals surface area contributed by atoms with Gasteiger partial charge in [0, 0.05) is 41.5 Å². The molecule has 1 amide bonds. The molecule has 0 spiro atoms. The lowest BCUT2D eigenvalue weighted by molar-refractivity contribution is -0.141. The van der Waals surface area contributed by atoms with E-state index < -0.39 is 23.8 Å². The first-order valence-electron chi connectivity index (χ1n) is 11.1. The van der Waals surface area contributed by atoms with Gasteiger partial charge in [0.05, 0.1) is 12.6 Å². The van der Waals surface area contributed by atoms with Crippen LogP contribution in [0.3, 0.4) is 0 Å². The summed E-state index contributed by atoms with van der Waals surface area (Å²) in [5, 5.41) is 6.81. The van der Waals surface area contributed by atoms with Gasteiger partial charge in [0.1, 0.15) is 29.2 Å². The Kier molecular flexibility index (Phi) is 7.68. The van der Waals surface area contributed by atoms with Crippen LogP contribution in [0.1, 0.15) is 39.5 Å². The van der Waals surface area contributed by atoms with Gasteiger partial charge in [-0.25, -0.2) is 4.98 Å². The molecule has 0 aliphatic carbocycles. The molecule has 3 aromatic rings. The monoisotopic (exact) mass is 506 g/mol. The molecule has 186 valence electrons. The summed E-state index contributed by atoms with van der Waals surface area (Å²) in [5.41, 5.74) is 0.554. The second-order valence-corrected chi connectivity index (χ2v) is 9.43. The molecule has 0 saturated carbocycles. The van der Waals surface area contributed by atoms with Crippen molar-refractivity contribution < 1.29 is 27.4 Å². The number of hydrogen-bond donors (Lipinski definition) is 2. The fourth-order valence-corrected chi connectivity index (χ4v) is 4.29. The van der Waals surface area contributed by atoms with Gasteiger partial charge >= 0.3 is 6.18 Å². The molecule has 2 N–H and O–H groups in total. The van der Waals surface area contributed by atoms with Gasteiger partial charge in [0.2, 0.25) is 0 Å². The molecular formula is C24H25F3N4O3S. The smallest absolute Gasteiger partial charge is 0.433 e. The lowest BCUT2D eigenvalue weighted by Gasteiger charge is -2.23. The highest BCUT2D eigenvalue weighted by Crippen LogP contribution is 2.30. The Morgan fingerprint density at radius 3 is 2.74 bits per heavy atom. The van der Waals surface area contributed by atoms with E-state index in [9.17, 15) is 18.0 Å². The quantitative estimate of drug-likeness (QED) is 0.495. The molecule has 1 saturated heterocycles. The predicted molar refractivity (Wildman–Crippen MR) is 126 cm³/mol. The zero-order valence-corrected chi connectivity index (χ0v) is 20.0. The summed E-state index contributed by atoms with van der Waals surface area (Å²) in [7, 11) is 0. The first-order chi connectivity index (χ1) is 16.7. The maximum Gasteiger partial charge on any atom is 0.433 e. The van der Waals surface area contributed by atoms with Crippen molar-refractivity contribution in [3.8, 4) is 16.3 Å². The van der Waals surface area contributed by atoms with Crippen molar-refractivity contribution in [3.05, 3.63) is 64.4 Å². The fourth-order valence-electron chi connectivity index (χ4n) is 3.53. The van der Waals surface area contributed by atoms with Crippen LogP contribution < -0.4 is 15.4 Å². The third kappa shape index (κ3) is 6.56. The summed E-state index contributed by atoms with van der Waals surface area (Å²) in [6.45, 7) is 6.03.